The summed E-state index contributed by atoms with van der Waals surface area (Å²) in [6.45, 7) is 9.54. The fourth-order valence-corrected chi connectivity index (χ4v) is 3.72. The number of anilines is 1. The molecule has 0 radical (unpaired) electrons. The minimum absolute atomic E-state index is 0.452. The first-order valence-electron chi connectivity index (χ1n) is 11.8. The van der Waals surface area contributed by atoms with Crippen LogP contribution in [0.4, 0.5) is 10.6 Å². The van der Waals surface area contributed by atoms with Crippen molar-refractivity contribution in [3.8, 4) is 22.7 Å². The number of aliphatic hydroxyl groups is 1. The van der Waals surface area contributed by atoms with Gasteiger partial charge in [0.05, 0.1) is 17.0 Å². The molecule has 7 heteroatoms. The van der Waals surface area contributed by atoms with Crippen molar-refractivity contribution in [3.63, 3.8) is 0 Å². The third kappa shape index (κ3) is 6.00. The van der Waals surface area contributed by atoms with Crippen molar-refractivity contribution >= 4 is 11.9 Å². The fraction of sp³-hybridized carbons (Fsp3) is 0.241. The fourth-order valence-electron chi connectivity index (χ4n) is 3.72. The maximum atomic E-state index is 12.8. The van der Waals surface area contributed by atoms with Crippen molar-refractivity contribution in [2.75, 3.05) is 5.32 Å². The van der Waals surface area contributed by atoms with Crippen molar-refractivity contribution in [2.24, 2.45) is 0 Å². The molecule has 1 aromatic heterocycles. The molecule has 1 heterocycles. The molecular weight excluding hydrogens is 454 g/mol. The van der Waals surface area contributed by atoms with Crippen LogP contribution in [-0.4, -0.2) is 26.6 Å². The van der Waals surface area contributed by atoms with E-state index in [1.165, 1.54) is 0 Å². The van der Waals surface area contributed by atoms with E-state index in [9.17, 15) is 9.90 Å². The molecule has 1 unspecified atom stereocenters. The number of hydrogen-bond acceptors (Lipinski definition) is 5. The average Bonchev–Trinajstić information content (AvgIpc) is 3.16. The lowest BCUT2D eigenvalue weighted by molar-refractivity contribution is -0.169. The zero-order valence-electron chi connectivity index (χ0n) is 21.1. The monoisotopic (exact) mass is 485 g/mol. The van der Waals surface area contributed by atoms with Crippen molar-refractivity contribution in [3.05, 3.63) is 95.6 Å². The van der Waals surface area contributed by atoms with Crippen LogP contribution in [-0.2, 0) is 4.74 Å². The van der Waals surface area contributed by atoms with E-state index < -0.39 is 18.0 Å². The first-order valence-corrected chi connectivity index (χ1v) is 11.8. The summed E-state index contributed by atoms with van der Waals surface area (Å²) in [4.78, 5) is 12.8. The molecule has 0 bridgehead atoms. The molecule has 2 N–H and O–H groups in total. The van der Waals surface area contributed by atoms with Crippen molar-refractivity contribution in [1.29, 1.82) is 0 Å². The van der Waals surface area contributed by atoms with Crippen LogP contribution in [0.1, 0.15) is 43.8 Å². The summed E-state index contributed by atoms with van der Waals surface area (Å²) in [5, 5.41) is 18.1. The highest BCUT2D eigenvalue weighted by molar-refractivity contribution is 5.88. The zero-order valence-corrected chi connectivity index (χ0v) is 21.1. The molecular formula is C29H31N3O4. The molecule has 7 nitrogen and oxygen atoms in total. The van der Waals surface area contributed by atoms with Crippen LogP contribution >= 0.6 is 0 Å². The molecule has 0 fully saturated rings. The van der Waals surface area contributed by atoms with Crippen molar-refractivity contribution in [1.82, 2.24) is 9.78 Å². The van der Waals surface area contributed by atoms with Crippen molar-refractivity contribution < 1.29 is 19.4 Å². The van der Waals surface area contributed by atoms with Gasteiger partial charge in [0.15, 0.2) is 6.29 Å². The second-order valence-electron chi connectivity index (χ2n) is 9.60. The number of aryl methyl sites for hydroxylation is 1. The third-order valence-electron chi connectivity index (χ3n) is 5.51. The summed E-state index contributed by atoms with van der Waals surface area (Å²) in [5.41, 5.74) is 4.35. The van der Waals surface area contributed by atoms with Gasteiger partial charge in [-0.05, 0) is 58.9 Å². The van der Waals surface area contributed by atoms with Crippen LogP contribution in [0.15, 0.2) is 78.9 Å². The molecule has 3 aromatic carbocycles. The van der Waals surface area contributed by atoms with Gasteiger partial charge < -0.3 is 14.6 Å². The summed E-state index contributed by atoms with van der Waals surface area (Å²) in [7, 11) is 0. The van der Waals surface area contributed by atoms with E-state index in [2.05, 4.69) is 5.32 Å². The number of nitrogens with one attached hydrogen (secondary N) is 1. The number of nitrogens with zero attached hydrogens (tertiary/aromatic N) is 2. The average molecular weight is 486 g/mol. The number of aromatic nitrogens is 2. The van der Waals surface area contributed by atoms with Crippen molar-refractivity contribution in [2.45, 2.75) is 46.5 Å². The number of carbonyl (C=O) groups is 1. The quantitative estimate of drug-likeness (QED) is 0.302. The highest BCUT2D eigenvalue weighted by Gasteiger charge is 2.21. The van der Waals surface area contributed by atoms with Gasteiger partial charge >= 0.3 is 6.09 Å². The number of amides is 1. The zero-order chi connectivity index (χ0) is 25.9. The van der Waals surface area contributed by atoms with Gasteiger partial charge in [0.1, 0.15) is 11.6 Å². The van der Waals surface area contributed by atoms with Gasteiger partial charge in [-0.2, -0.15) is 5.10 Å². The maximum Gasteiger partial charge on any atom is 0.418 e. The lowest BCUT2D eigenvalue weighted by Crippen LogP contribution is -2.22. The van der Waals surface area contributed by atoms with Crippen LogP contribution < -0.4 is 10.1 Å². The van der Waals surface area contributed by atoms with E-state index in [0.717, 1.165) is 22.4 Å². The van der Waals surface area contributed by atoms with E-state index in [0.29, 0.717) is 22.8 Å². The number of ether oxygens (including phenoxy) is 2. The lowest BCUT2D eigenvalue weighted by Gasteiger charge is -2.24. The molecule has 0 saturated heterocycles. The van der Waals surface area contributed by atoms with Crippen LogP contribution in [0, 0.1) is 13.8 Å². The van der Waals surface area contributed by atoms with E-state index in [1.807, 2.05) is 101 Å². The number of rotatable bonds is 6. The van der Waals surface area contributed by atoms with Crippen LogP contribution in [0.2, 0.25) is 0 Å². The Morgan fingerprint density at radius 3 is 2.19 bits per heavy atom. The minimum Gasteiger partial charge on any atom is -0.410 e. The first-order chi connectivity index (χ1) is 17.1. The highest BCUT2D eigenvalue weighted by atomic mass is 16.6. The number of aliphatic hydroxyl groups excluding tert-OH is 1. The summed E-state index contributed by atoms with van der Waals surface area (Å²) >= 11 is 0. The Hall–Kier alpha value is -3.94. The van der Waals surface area contributed by atoms with Gasteiger partial charge in [-0.15, -0.1) is 0 Å². The second-order valence-corrected chi connectivity index (χ2v) is 9.60. The van der Waals surface area contributed by atoms with Gasteiger partial charge in [0, 0.05) is 16.7 Å². The van der Waals surface area contributed by atoms with Gasteiger partial charge in [-0.25, -0.2) is 9.48 Å². The number of hydrogen-bond donors (Lipinski definition) is 2. The Balaban J connectivity index is 1.65. The summed E-state index contributed by atoms with van der Waals surface area (Å²) in [6.07, 6.45) is -1.64. The molecule has 4 rings (SSSR count). The number of carbonyl (C=O) groups excluding carboxylic acids is 1. The third-order valence-corrected chi connectivity index (χ3v) is 5.51. The summed E-state index contributed by atoms with van der Waals surface area (Å²) in [5.74, 6) is 0.960. The Kier molecular flexibility index (Phi) is 7.24. The second kappa shape index (κ2) is 10.4. The Labute approximate surface area is 211 Å². The van der Waals surface area contributed by atoms with E-state index in [-0.39, 0.29) is 0 Å². The SMILES string of the molecule is Cc1ccc(OC(=O)Nc2c(C)c(-c3ccc(C(O)OC(C)(C)C)cc3)nn2-c2ccccc2)cc1. The molecule has 0 saturated carbocycles. The molecule has 0 aliphatic rings. The normalized spacial score (nSPS) is 12.3. The lowest BCUT2D eigenvalue weighted by atomic mass is 10.1. The summed E-state index contributed by atoms with van der Waals surface area (Å²) < 4.78 is 12.8. The predicted molar refractivity (Wildman–Crippen MR) is 140 cm³/mol. The largest absolute Gasteiger partial charge is 0.418 e. The smallest absolute Gasteiger partial charge is 0.410 e. The number of para-hydroxylation sites is 1. The Morgan fingerprint density at radius 2 is 1.58 bits per heavy atom. The summed E-state index contributed by atoms with van der Waals surface area (Å²) in [6, 6.07) is 24.2. The van der Waals surface area contributed by atoms with Gasteiger partial charge in [0.25, 0.3) is 0 Å². The van der Waals surface area contributed by atoms with Crippen LogP contribution in [0.3, 0.4) is 0 Å². The predicted octanol–water partition coefficient (Wildman–Crippen LogP) is 6.57. The Bertz CT molecular complexity index is 1320. The van der Waals surface area contributed by atoms with E-state index in [4.69, 9.17) is 14.6 Å². The van der Waals surface area contributed by atoms with Gasteiger partial charge in [0.2, 0.25) is 0 Å². The van der Waals surface area contributed by atoms with Crippen LogP contribution in [0.25, 0.3) is 16.9 Å². The topological polar surface area (TPSA) is 85.6 Å². The molecule has 1 atom stereocenters. The Morgan fingerprint density at radius 1 is 0.944 bits per heavy atom. The first kappa shape index (κ1) is 25.2. The minimum atomic E-state index is -1.03. The highest BCUT2D eigenvalue weighted by Crippen LogP contribution is 2.32. The number of benzene rings is 3. The molecule has 0 aliphatic carbocycles. The van der Waals surface area contributed by atoms with Gasteiger partial charge in [-0.3, -0.25) is 5.32 Å². The van der Waals surface area contributed by atoms with Crippen LogP contribution in [0.5, 0.6) is 5.75 Å². The molecule has 36 heavy (non-hydrogen) atoms. The standard InChI is InChI=1S/C29H31N3O4/c1-19-11-17-24(18-12-19)35-28(34)30-26-20(2)25(31-32(26)23-9-7-6-8-10-23)21-13-15-22(16-14-21)27(33)36-29(3,4)5/h6-18,27,33H,1-5H3,(H,30,34). The molecule has 0 spiro atoms. The molecule has 1 amide bonds. The van der Waals surface area contributed by atoms with Gasteiger partial charge in [-0.1, -0.05) is 60.2 Å². The van der Waals surface area contributed by atoms with E-state index in [1.54, 1.807) is 16.8 Å². The van der Waals surface area contributed by atoms with E-state index >= 15 is 0 Å². The molecule has 0 aliphatic heterocycles. The molecule has 4 aromatic rings. The molecule has 186 valence electrons. The maximum absolute atomic E-state index is 12.8.